The number of hydrogen-bond donors (Lipinski definition) is 2. The second-order valence-electron chi connectivity index (χ2n) is 7.76. The Morgan fingerprint density at radius 3 is 2.79 bits per heavy atom. The van der Waals surface area contributed by atoms with Gasteiger partial charge in [0.1, 0.15) is 24.5 Å². The van der Waals surface area contributed by atoms with E-state index in [2.05, 4.69) is 15.5 Å². The standard InChI is InChI=1S/C20H26N4O5/c1-20(2,3)29-19(26)24-10-13(21-17(25)11-24)12-28-18-9-15(22-23-18)14-7-5-6-8-16(14)27-4/h5-9,13H,10-12H2,1-4H3,(H,21,25)(H,22,23)/t13-/m1/s1. The highest BCUT2D eigenvalue weighted by atomic mass is 16.6. The first-order valence-electron chi connectivity index (χ1n) is 9.34. The van der Waals surface area contributed by atoms with Gasteiger partial charge in [0.2, 0.25) is 11.8 Å². The second-order valence-corrected chi connectivity index (χ2v) is 7.76. The lowest BCUT2D eigenvalue weighted by Crippen LogP contribution is -2.58. The largest absolute Gasteiger partial charge is 0.496 e. The Morgan fingerprint density at radius 1 is 1.31 bits per heavy atom. The van der Waals surface area contributed by atoms with Gasteiger partial charge < -0.3 is 19.5 Å². The number of benzene rings is 1. The first-order valence-corrected chi connectivity index (χ1v) is 9.34. The Balaban J connectivity index is 1.60. The maximum Gasteiger partial charge on any atom is 0.410 e. The van der Waals surface area contributed by atoms with E-state index in [0.29, 0.717) is 12.4 Å². The molecule has 156 valence electrons. The highest BCUT2D eigenvalue weighted by Crippen LogP contribution is 2.29. The van der Waals surface area contributed by atoms with E-state index < -0.39 is 11.7 Å². The number of hydrogen-bond acceptors (Lipinski definition) is 6. The van der Waals surface area contributed by atoms with Crippen LogP contribution in [0, 0.1) is 0 Å². The number of ether oxygens (including phenoxy) is 3. The van der Waals surface area contributed by atoms with E-state index in [0.717, 1.165) is 17.0 Å². The van der Waals surface area contributed by atoms with Crippen molar-refractivity contribution in [3.8, 4) is 22.9 Å². The summed E-state index contributed by atoms with van der Waals surface area (Å²) in [5, 5.41) is 9.89. The van der Waals surface area contributed by atoms with E-state index in [9.17, 15) is 9.59 Å². The van der Waals surface area contributed by atoms with Gasteiger partial charge in [-0.2, -0.15) is 0 Å². The van der Waals surface area contributed by atoms with Gasteiger partial charge in [0, 0.05) is 18.2 Å². The number of rotatable bonds is 5. The third kappa shape index (κ3) is 5.40. The Kier molecular flexibility index (Phi) is 5.95. The lowest BCUT2D eigenvalue weighted by atomic mass is 10.1. The fourth-order valence-corrected chi connectivity index (χ4v) is 2.95. The van der Waals surface area contributed by atoms with Crippen molar-refractivity contribution in [1.82, 2.24) is 20.4 Å². The molecule has 2 N–H and O–H groups in total. The Labute approximate surface area is 169 Å². The Morgan fingerprint density at radius 2 is 2.07 bits per heavy atom. The van der Waals surface area contributed by atoms with Crippen LogP contribution in [0.15, 0.2) is 30.3 Å². The quantitative estimate of drug-likeness (QED) is 0.794. The van der Waals surface area contributed by atoms with Crippen molar-refractivity contribution in [3.63, 3.8) is 0 Å². The smallest absolute Gasteiger partial charge is 0.410 e. The van der Waals surface area contributed by atoms with Gasteiger partial charge in [-0.05, 0) is 32.9 Å². The lowest BCUT2D eigenvalue weighted by molar-refractivity contribution is -0.125. The predicted molar refractivity (Wildman–Crippen MR) is 106 cm³/mol. The SMILES string of the molecule is COc1ccccc1-c1cc(OC[C@H]2CN(C(=O)OC(C)(C)C)CC(=O)N2)n[nH]1. The predicted octanol–water partition coefficient (Wildman–Crippen LogP) is 2.20. The monoisotopic (exact) mass is 402 g/mol. The summed E-state index contributed by atoms with van der Waals surface area (Å²) in [6.45, 7) is 5.78. The molecule has 3 rings (SSSR count). The third-order valence-electron chi connectivity index (χ3n) is 4.18. The first-order chi connectivity index (χ1) is 13.7. The summed E-state index contributed by atoms with van der Waals surface area (Å²) in [5.74, 6) is 0.845. The van der Waals surface area contributed by atoms with Crippen LogP contribution >= 0.6 is 0 Å². The van der Waals surface area contributed by atoms with Gasteiger partial charge in [-0.1, -0.05) is 12.1 Å². The molecule has 9 heteroatoms. The molecule has 1 aromatic heterocycles. The molecule has 29 heavy (non-hydrogen) atoms. The number of piperazine rings is 1. The summed E-state index contributed by atoms with van der Waals surface area (Å²) in [4.78, 5) is 25.6. The molecule has 0 unspecified atom stereocenters. The summed E-state index contributed by atoms with van der Waals surface area (Å²) < 4.78 is 16.4. The Hall–Kier alpha value is -3.23. The molecule has 1 fully saturated rings. The molecule has 2 aromatic rings. The molecular weight excluding hydrogens is 376 g/mol. The van der Waals surface area contributed by atoms with Crippen LogP contribution in [0.4, 0.5) is 4.79 Å². The highest BCUT2D eigenvalue weighted by molar-refractivity contribution is 5.83. The van der Waals surface area contributed by atoms with Crippen molar-refractivity contribution >= 4 is 12.0 Å². The number of carbonyl (C=O) groups excluding carboxylic acids is 2. The zero-order valence-corrected chi connectivity index (χ0v) is 17.0. The van der Waals surface area contributed by atoms with Gasteiger partial charge in [-0.25, -0.2) is 4.79 Å². The summed E-state index contributed by atoms with van der Waals surface area (Å²) >= 11 is 0. The van der Waals surface area contributed by atoms with Gasteiger partial charge in [0.05, 0.1) is 18.8 Å². The molecule has 2 amide bonds. The number of para-hydroxylation sites is 1. The van der Waals surface area contributed by atoms with Gasteiger partial charge in [0.15, 0.2) is 0 Å². The van der Waals surface area contributed by atoms with Crippen LogP contribution in [0.5, 0.6) is 11.6 Å². The average molecular weight is 402 g/mol. The van der Waals surface area contributed by atoms with Crippen LogP contribution in [0.25, 0.3) is 11.3 Å². The van der Waals surface area contributed by atoms with Gasteiger partial charge in [-0.15, -0.1) is 5.10 Å². The molecule has 1 aliphatic rings. The van der Waals surface area contributed by atoms with Crippen molar-refractivity contribution in [3.05, 3.63) is 30.3 Å². The van der Waals surface area contributed by atoms with E-state index in [1.54, 1.807) is 33.9 Å². The number of nitrogens with one attached hydrogen (secondary N) is 2. The Bertz CT molecular complexity index is 874. The molecule has 9 nitrogen and oxygen atoms in total. The van der Waals surface area contributed by atoms with Crippen LogP contribution in [-0.2, 0) is 9.53 Å². The maximum atomic E-state index is 12.3. The highest BCUT2D eigenvalue weighted by Gasteiger charge is 2.31. The van der Waals surface area contributed by atoms with Crippen LogP contribution < -0.4 is 14.8 Å². The minimum absolute atomic E-state index is 0.0359. The van der Waals surface area contributed by atoms with E-state index in [-0.39, 0.29) is 25.1 Å². The molecule has 1 atom stereocenters. The molecule has 1 saturated heterocycles. The number of nitrogens with zero attached hydrogens (tertiary/aromatic N) is 2. The van der Waals surface area contributed by atoms with Crippen molar-refractivity contribution in [1.29, 1.82) is 0 Å². The first kappa shape index (κ1) is 20.5. The molecule has 1 aromatic carbocycles. The maximum absolute atomic E-state index is 12.3. The molecule has 2 heterocycles. The number of carbonyl (C=O) groups is 2. The van der Waals surface area contributed by atoms with E-state index in [4.69, 9.17) is 14.2 Å². The van der Waals surface area contributed by atoms with Crippen LogP contribution in [-0.4, -0.2) is 65.5 Å². The van der Waals surface area contributed by atoms with E-state index in [1.807, 2.05) is 24.3 Å². The van der Waals surface area contributed by atoms with Crippen LogP contribution in [0.2, 0.25) is 0 Å². The van der Waals surface area contributed by atoms with Crippen molar-refractivity contribution in [2.75, 3.05) is 26.8 Å². The zero-order valence-electron chi connectivity index (χ0n) is 17.0. The summed E-state index contributed by atoms with van der Waals surface area (Å²) in [6, 6.07) is 8.96. The fraction of sp³-hybridized carbons (Fsp3) is 0.450. The number of aromatic amines is 1. The summed E-state index contributed by atoms with van der Waals surface area (Å²) in [5.41, 5.74) is 0.987. The molecule has 0 aliphatic carbocycles. The molecule has 0 saturated carbocycles. The van der Waals surface area contributed by atoms with Crippen LogP contribution in [0.1, 0.15) is 20.8 Å². The van der Waals surface area contributed by atoms with E-state index >= 15 is 0 Å². The average Bonchev–Trinajstić information content (AvgIpc) is 3.13. The van der Waals surface area contributed by atoms with Crippen molar-refractivity contribution in [2.45, 2.75) is 32.4 Å². The van der Waals surface area contributed by atoms with Crippen molar-refractivity contribution in [2.24, 2.45) is 0 Å². The summed E-state index contributed by atoms with van der Waals surface area (Å²) in [6.07, 6.45) is -0.518. The van der Waals surface area contributed by atoms with E-state index in [1.165, 1.54) is 4.90 Å². The molecular formula is C20H26N4O5. The van der Waals surface area contributed by atoms with Crippen molar-refractivity contribution < 1.29 is 23.8 Å². The normalized spacial score (nSPS) is 16.9. The number of methoxy groups -OCH3 is 1. The number of amides is 2. The molecule has 0 spiro atoms. The molecule has 1 aliphatic heterocycles. The van der Waals surface area contributed by atoms with Gasteiger partial charge in [-0.3, -0.25) is 14.8 Å². The lowest BCUT2D eigenvalue weighted by Gasteiger charge is -2.33. The minimum Gasteiger partial charge on any atom is -0.496 e. The zero-order chi connectivity index (χ0) is 21.0. The minimum atomic E-state index is -0.624. The topological polar surface area (TPSA) is 106 Å². The second kappa shape index (κ2) is 8.42. The van der Waals surface area contributed by atoms with Gasteiger partial charge in [0.25, 0.3) is 0 Å². The summed E-state index contributed by atoms with van der Waals surface area (Å²) in [7, 11) is 1.61. The third-order valence-corrected chi connectivity index (χ3v) is 4.18. The van der Waals surface area contributed by atoms with Crippen LogP contribution in [0.3, 0.4) is 0 Å². The molecule has 0 radical (unpaired) electrons. The molecule has 0 bridgehead atoms. The fourth-order valence-electron chi connectivity index (χ4n) is 2.95. The number of aromatic nitrogens is 2. The number of H-pyrrole nitrogens is 1. The van der Waals surface area contributed by atoms with Gasteiger partial charge >= 0.3 is 6.09 Å².